The molecule has 0 saturated carbocycles. The second kappa shape index (κ2) is 9.87. The van der Waals surface area contributed by atoms with Crippen LogP contribution in [0, 0.1) is 6.92 Å². The number of unbranched alkanes of at least 4 members (excludes halogenated alkanes) is 1. The standard InChI is InChI=1S/C20H27N3O4/c1-5-7-11-27-20(25)18(21-4)15-9-8-10-16(12-15)23-13-17(14(3)22-23)19(24)26-6-2/h8-10,12-13,18,21H,5-7,11H2,1-4H3. The molecule has 0 aliphatic carbocycles. The summed E-state index contributed by atoms with van der Waals surface area (Å²) in [4.78, 5) is 24.3. The molecule has 0 bridgehead atoms. The number of carbonyl (C=O) groups excluding carboxylic acids is 2. The summed E-state index contributed by atoms with van der Waals surface area (Å²) in [6, 6.07) is 6.84. The molecule has 2 aromatic rings. The summed E-state index contributed by atoms with van der Waals surface area (Å²) >= 11 is 0. The van der Waals surface area contributed by atoms with Gasteiger partial charge in [0.25, 0.3) is 0 Å². The Morgan fingerprint density at radius 3 is 2.70 bits per heavy atom. The molecule has 0 aliphatic heterocycles. The van der Waals surface area contributed by atoms with E-state index in [9.17, 15) is 9.59 Å². The van der Waals surface area contributed by atoms with E-state index in [-0.39, 0.29) is 5.97 Å². The van der Waals surface area contributed by atoms with Crippen LogP contribution in [0.3, 0.4) is 0 Å². The first kappa shape index (κ1) is 20.6. The van der Waals surface area contributed by atoms with Crippen molar-refractivity contribution in [3.05, 3.63) is 47.3 Å². The summed E-state index contributed by atoms with van der Waals surface area (Å²) in [5, 5.41) is 7.39. The zero-order valence-corrected chi connectivity index (χ0v) is 16.3. The van der Waals surface area contributed by atoms with Gasteiger partial charge in [0.15, 0.2) is 0 Å². The average Bonchev–Trinajstić information content (AvgIpc) is 3.05. The summed E-state index contributed by atoms with van der Waals surface area (Å²) < 4.78 is 12.0. The molecular weight excluding hydrogens is 346 g/mol. The first-order valence-corrected chi connectivity index (χ1v) is 9.19. The van der Waals surface area contributed by atoms with Crippen molar-refractivity contribution in [1.29, 1.82) is 0 Å². The zero-order chi connectivity index (χ0) is 19.8. The van der Waals surface area contributed by atoms with E-state index in [0.717, 1.165) is 24.1 Å². The zero-order valence-electron chi connectivity index (χ0n) is 16.3. The number of hydrogen-bond donors (Lipinski definition) is 1. The van der Waals surface area contributed by atoms with Crippen LogP contribution in [0.15, 0.2) is 30.5 Å². The Labute approximate surface area is 159 Å². The second-order valence-electron chi connectivity index (χ2n) is 6.13. The van der Waals surface area contributed by atoms with Gasteiger partial charge in [0, 0.05) is 6.20 Å². The number of likely N-dealkylation sites (N-methyl/N-ethyl adjacent to an activating group) is 1. The van der Waals surface area contributed by atoms with Crippen LogP contribution < -0.4 is 5.32 Å². The molecule has 7 nitrogen and oxygen atoms in total. The summed E-state index contributed by atoms with van der Waals surface area (Å²) in [6.45, 7) is 6.29. The van der Waals surface area contributed by atoms with Crippen LogP contribution >= 0.6 is 0 Å². The maximum Gasteiger partial charge on any atom is 0.341 e. The van der Waals surface area contributed by atoms with Crippen LogP contribution in [-0.4, -0.2) is 42.0 Å². The molecule has 0 radical (unpaired) electrons. The van der Waals surface area contributed by atoms with Gasteiger partial charge in [-0.05, 0) is 45.0 Å². The van der Waals surface area contributed by atoms with E-state index < -0.39 is 12.0 Å². The van der Waals surface area contributed by atoms with E-state index in [2.05, 4.69) is 10.4 Å². The molecule has 0 aliphatic rings. The highest BCUT2D eigenvalue weighted by Crippen LogP contribution is 2.20. The number of rotatable bonds is 9. The van der Waals surface area contributed by atoms with Gasteiger partial charge in [0.05, 0.1) is 24.6 Å². The number of benzene rings is 1. The largest absolute Gasteiger partial charge is 0.464 e. The van der Waals surface area contributed by atoms with Gasteiger partial charge in [-0.3, -0.25) is 0 Å². The van der Waals surface area contributed by atoms with Crippen molar-refractivity contribution in [3.8, 4) is 5.69 Å². The van der Waals surface area contributed by atoms with Gasteiger partial charge in [-0.2, -0.15) is 5.10 Å². The van der Waals surface area contributed by atoms with Crippen molar-refractivity contribution in [2.45, 2.75) is 39.7 Å². The lowest BCUT2D eigenvalue weighted by atomic mass is 10.1. The molecular formula is C20H27N3O4. The molecule has 2 rings (SSSR count). The van der Waals surface area contributed by atoms with Crippen LogP contribution in [0.2, 0.25) is 0 Å². The first-order chi connectivity index (χ1) is 13.0. The van der Waals surface area contributed by atoms with Gasteiger partial charge < -0.3 is 14.8 Å². The minimum absolute atomic E-state index is 0.308. The third-order valence-electron chi connectivity index (χ3n) is 4.13. The van der Waals surface area contributed by atoms with Crippen LogP contribution in [0.5, 0.6) is 0 Å². The Balaban J connectivity index is 2.25. The lowest BCUT2D eigenvalue weighted by molar-refractivity contribution is -0.146. The summed E-state index contributed by atoms with van der Waals surface area (Å²) in [6.07, 6.45) is 3.44. The molecule has 1 atom stereocenters. The lowest BCUT2D eigenvalue weighted by Crippen LogP contribution is -2.27. The molecule has 1 N–H and O–H groups in total. The third kappa shape index (κ3) is 5.17. The fraction of sp³-hybridized carbons (Fsp3) is 0.450. The van der Waals surface area contributed by atoms with Crippen molar-refractivity contribution >= 4 is 11.9 Å². The Morgan fingerprint density at radius 1 is 1.26 bits per heavy atom. The van der Waals surface area contributed by atoms with Crippen molar-refractivity contribution in [2.75, 3.05) is 20.3 Å². The van der Waals surface area contributed by atoms with Gasteiger partial charge in [-0.15, -0.1) is 0 Å². The van der Waals surface area contributed by atoms with E-state index in [1.165, 1.54) is 0 Å². The normalized spacial score (nSPS) is 11.9. The molecule has 0 amide bonds. The maximum absolute atomic E-state index is 12.3. The predicted molar refractivity (Wildman–Crippen MR) is 102 cm³/mol. The first-order valence-electron chi connectivity index (χ1n) is 9.19. The van der Waals surface area contributed by atoms with E-state index in [4.69, 9.17) is 9.47 Å². The molecule has 0 saturated heterocycles. The van der Waals surface area contributed by atoms with Crippen LogP contribution in [-0.2, 0) is 14.3 Å². The van der Waals surface area contributed by atoms with Gasteiger partial charge in [-0.25, -0.2) is 14.3 Å². The smallest absolute Gasteiger partial charge is 0.341 e. The number of aromatic nitrogens is 2. The van der Waals surface area contributed by atoms with E-state index in [0.29, 0.717) is 24.5 Å². The molecule has 1 heterocycles. The number of hydrogen-bond acceptors (Lipinski definition) is 6. The Bertz CT molecular complexity index is 785. The summed E-state index contributed by atoms with van der Waals surface area (Å²) in [5.74, 6) is -0.711. The molecule has 146 valence electrons. The quantitative estimate of drug-likeness (QED) is 0.537. The minimum atomic E-state index is -0.567. The Morgan fingerprint density at radius 2 is 2.04 bits per heavy atom. The van der Waals surface area contributed by atoms with Gasteiger partial charge in [0.2, 0.25) is 0 Å². The van der Waals surface area contributed by atoms with Crippen molar-refractivity contribution in [1.82, 2.24) is 15.1 Å². The highest BCUT2D eigenvalue weighted by Gasteiger charge is 2.21. The van der Waals surface area contributed by atoms with Crippen molar-refractivity contribution < 1.29 is 19.1 Å². The fourth-order valence-corrected chi connectivity index (χ4v) is 2.67. The van der Waals surface area contributed by atoms with Crippen LogP contribution in [0.25, 0.3) is 5.69 Å². The average molecular weight is 373 g/mol. The molecule has 0 spiro atoms. The van der Waals surface area contributed by atoms with E-state index in [1.54, 1.807) is 31.8 Å². The van der Waals surface area contributed by atoms with Crippen molar-refractivity contribution in [2.24, 2.45) is 0 Å². The van der Waals surface area contributed by atoms with Crippen LogP contribution in [0.1, 0.15) is 54.3 Å². The van der Waals surface area contributed by atoms with Crippen molar-refractivity contribution in [3.63, 3.8) is 0 Å². The number of nitrogens with zero attached hydrogens (tertiary/aromatic N) is 2. The number of ether oxygens (including phenoxy) is 2. The molecule has 27 heavy (non-hydrogen) atoms. The number of carbonyl (C=O) groups is 2. The molecule has 7 heteroatoms. The number of aryl methyl sites for hydroxylation is 1. The predicted octanol–water partition coefficient (Wildman–Crippen LogP) is 2.96. The Hall–Kier alpha value is -2.67. The SMILES string of the molecule is CCCCOC(=O)C(NC)c1cccc(-n2cc(C(=O)OCC)c(C)n2)c1. The molecule has 1 unspecified atom stereocenters. The van der Waals surface area contributed by atoms with Gasteiger partial charge in [0.1, 0.15) is 11.6 Å². The maximum atomic E-state index is 12.3. The highest BCUT2D eigenvalue weighted by atomic mass is 16.5. The summed E-state index contributed by atoms with van der Waals surface area (Å²) in [5.41, 5.74) is 2.52. The van der Waals surface area contributed by atoms with Gasteiger partial charge >= 0.3 is 11.9 Å². The fourth-order valence-electron chi connectivity index (χ4n) is 2.67. The number of esters is 2. The van der Waals surface area contributed by atoms with E-state index in [1.807, 2.05) is 31.2 Å². The molecule has 0 fully saturated rings. The minimum Gasteiger partial charge on any atom is -0.464 e. The monoisotopic (exact) mass is 373 g/mol. The van der Waals surface area contributed by atoms with E-state index >= 15 is 0 Å². The van der Waals surface area contributed by atoms with Gasteiger partial charge in [-0.1, -0.05) is 25.5 Å². The number of nitrogens with one attached hydrogen (secondary N) is 1. The summed E-state index contributed by atoms with van der Waals surface area (Å²) in [7, 11) is 1.72. The third-order valence-corrected chi connectivity index (χ3v) is 4.13. The molecule has 1 aromatic heterocycles. The Kier molecular flexibility index (Phi) is 7.55. The lowest BCUT2D eigenvalue weighted by Gasteiger charge is -2.16. The molecule has 1 aromatic carbocycles. The topological polar surface area (TPSA) is 82.5 Å². The highest BCUT2D eigenvalue weighted by molar-refractivity contribution is 5.90. The second-order valence-corrected chi connectivity index (χ2v) is 6.13. The van der Waals surface area contributed by atoms with Crippen LogP contribution in [0.4, 0.5) is 0 Å².